The number of rotatable bonds is 10. The van der Waals surface area contributed by atoms with E-state index >= 15 is 0 Å². The van der Waals surface area contributed by atoms with E-state index in [1.807, 2.05) is 0 Å². The van der Waals surface area contributed by atoms with E-state index in [1.165, 1.54) is 18.4 Å². The summed E-state index contributed by atoms with van der Waals surface area (Å²) in [5.74, 6) is 0.903. The lowest BCUT2D eigenvalue weighted by Crippen LogP contribution is -2.32. The van der Waals surface area contributed by atoms with Crippen LogP contribution in [0.15, 0.2) is 23.6 Å². The van der Waals surface area contributed by atoms with Crippen LogP contribution in [0.3, 0.4) is 0 Å². The number of hydrogen-bond donors (Lipinski definition) is 0. The van der Waals surface area contributed by atoms with Gasteiger partial charge in [0.1, 0.15) is 16.5 Å². The largest absolute Gasteiger partial charge is 0.497 e. The van der Waals surface area contributed by atoms with Crippen LogP contribution in [-0.4, -0.2) is 49.1 Å². The normalized spacial score (nSPS) is 10.7. The number of carbonyl (C=O) groups excluding carboxylic acids is 2. The van der Waals surface area contributed by atoms with Crippen molar-refractivity contribution < 1.29 is 23.8 Å². The van der Waals surface area contributed by atoms with E-state index in [2.05, 4.69) is 18.8 Å². The van der Waals surface area contributed by atoms with Crippen LogP contribution in [0.1, 0.15) is 53.0 Å². The molecule has 0 atom stereocenters. The highest BCUT2D eigenvalue weighted by atomic mass is 32.1. The van der Waals surface area contributed by atoms with E-state index in [-0.39, 0.29) is 11.6 Å². The molecule has 0 fully saturated rings. The fourth-order valence-corrected chi connectivity index (χ4v) is 3.44. The second-order valence-corrected chi connectivity index (χ2v) is 7.77. The molecule has 0 aliphatic heterocycles. The number of carbonyl (C=O) groups is 2. The zero-order valence-electron chi connectivity index (χ0n) is 17.6. The fourth-order valence-electron chi connectivity index (χ4n) is 2.66. The van der Waals surface area contributed by atoms with Crippen molar-refractivity contribution in [3.05, 3.63) is 39.8 Å². The van der Waals surface area contributed by atoms with Crippen molar-refractivity contribution in [2.24, 2.45) is 5.92 Å². The van der Waals surface area contributed by atoms with Crippen molar-refractivity contribution in [1.29, 1.82) is 0 Å². The fraction of sp³-hybridized carbons (Fsp3) is 0.476. The zero-order chi connectivity index (χ0) is 21.4. The van der Waals surface area contributed by atoms with Crippen LogP contribution < -0.4 is 9.47 Å². The highest BCUT2D eigenvalue weighted by Crippen LogP contribution is 2.27. The molecule has 0 spiro atoms. The van der Waals surface area contributed by atoms with Gasteiger partial charge in [-0.15, -0.1) is 11.3 Å². The molecule has 0 saturated carbocycles. The Kier molecular flexibility index (Phi) is 8.45. The first-order valence-corrected chi connectivity index (χ1v) is 10.4. The maximum Gasteiger partial charge on any atom is 0.357 e. The van der Waals surface area contributed by atoms with Crippen molar-refractivity contribution in [3.63, 3.8) is 0 Å². The molecule has 1 amide bonds. The average Bonchev–Trinajstić information content (AvgIpc) is 3.18. The van der Waals surface area contributed by atoms with Crippen LogP contribution in [0.25, 0.3) is 0 Å². The predicted octanol–water partition coefficient (Wildman–Crippen LogP) is 4.03. The predicted molar refractivity (Wildman–Crippen MR) is 112 cm³/mol. The van der Waals surface area contributed by atoms with Gasteiger partial charge in [0.2, 0.25) is 0 Å². The standard InChI is InChI=1S/C21H28N2O5S/c1-6-28-21(25)17-13-29-19(22-17)12-23(10-9-14(2)3)20(24)16-8-7-15(26-4)11-18(16)27-5/h7-8,11,13-14H,6,9-10,12H2,1-5H3. The Hall–Kier alpha value is -2.61. The number of benzene rings is 1. The zero-order valence-corrected chi connectivity index (χ0v) is 18.4. The van der Waals surface area contributed by atoms with Gasteiger partial charge in [-0.05, 0) is 31.4 Å². The molecule has 0 radical (unpaired) electrons. The minimum absolute atomic E-state index is 0.155. The number of esters is 1. The van der Waals surface area contributed by atoms with Crippen molar-refractivity contribution >= 4 is 23.2 Å². The van der Waals surface area contributed by atoms with Crippen LogP contribution in [0.5, 0.6) is 11.5 Å². The Balaban J connectivity index is 2.26. The van der Waals surface area contributed by atoms with Gasteiger partial charge in [-0.3, -0.25) is 4.79 Å². The lowest BCUT2D eigenvalue weighted by molar-refractivity contribution is 0.0520. The molecular formula is C21H28N2O5S. The topological polar surface area (TPSA) is 78.0 Å². The molecule has 29 heavy (non-hydrogen) atoms. The smallest absolute Gasteiger partial charge is 0.357 e. The van der Waals surface area contributed by atoms with Gasteiger partial charge in [-0.1, -0.05) is 13.8 Å². The van der Waals surface area contributed by atoms with Crippen LogP contribution >= 0.6 is 11.3 Å². The summed E-state index contributed by atoms with van der Waals surface area (Å²) in [5, 5.41) is 2.34. The Bertz CT molecular complexity index is 834. The van der Waals surface area contributed by atoms with E-state index in [0.29, 0.717) is 47.7 Å². The Morgan fingerprint density at radius 3 is 2.59 bits per heavy atom. The van der Waals surface area contributed by atoms with Gasteiger partial charge in [-0.2, -0.15) is 0 Å². The summed E-state index contributed by atoms with van der Waals surface area (Å²) in [6, 6.07) is 5.13. The molecule has 158 valence electrons. The molecule has 7 nitrogen and oxygen atoms in total. The quantitative estimate of drug-likeness (QED) is 0.540. The maximum absolute atomic E-state index is 13.3. The molecular weight excluding hydrogens is 392 g/mol. The highest BCUT2D eigenvalue weighted by molar-refractivity contribution is 7.09. The molecule has 0 bridgehead atoms. The number of thiazole rings is 1. The van der Waals surface area contributed by atoms with Crippen molar-refractivity contribution in [2.75, 3.05) is 27.4 Å². The third-order valence-electron chi connectivity index (χ3n) is 4.27. The minimum atomic E-state index is -0.452. The number of aromatic nitrogens is 1. The lowest BCUT2D eigenvalue weighted by atomic mass is 10.1. The van der Waals surface area contributed by atoms with Gasteiger partial charge in [0.15, 0.2) is 5.69 Å². The molecule has 0 aliphatic carbocycles. The molecule has 0 saturated heterocycles. The monoisotopic (exact) mass is 420 g/mol. The molecule has 1 aromatic carbocycles. The first-order valence-electron chi connectivity index (χ1n) is 9.52. The second kappa shape index (κ2) is 10.8. The minimum Gasteiger partial charge on any atom is -0.497 e. The van der Waals surface area contributed by atoms with Gasteiger partial charge in [0, 0.05) is 18.0 Å². The van der Waals surface area contributed by atoms with Gasteiger partial charge in [0.05, 0.1) is 32.9 Å². The van der Waals surface area contributed by atoms with E-state index in [1.54, 1.807) is 42.5 Å². The molecule has 1 aromatic heterocycles. The summed E-state index contributed by atoms with van der Waals surface area (Å²) >= 11 is 1.34. The summed E-state index contributed by atoms with van der Waals surface area (Å²) in [4.78, 5) is 31.2. The number of amides is 1. The summed E-state index contributed by atoms with van der Waals surface area (Å²) < 4.78 is 15.6. The molecule has 0 unspecified atom stereocenters. The molecule has 0 N–H and O–H groups in total. The Morgan fingerprint density at radius 1 is 1.21 bits per heavy atom. The van der Waals surface area contributed by atoms with Gasteiger partial charge >= 0.3 is 5.97 Å². The number of hydrogen-bond acceptors (Lipinski definition) is 7. The number of methoxy groups -OCH3 is 2. The van der Waals surface area contributed by atoms with Crippen LogP contribution in [0.4, 0.5) is 0 Å². The van der Waals surface area contributed by atoms with Gasteiger partial charge in [0.25, 0.3) is 5.91 Å². The van der Waals surface area contributed by atoms with Gasteiger partial charge < -0.3 is 19.1 Å². The summed E-state index contributed by atoms with van der Waals surface area (Å²) in [7, 11) is 3.09. The summed E-state index contributed by atoms with van der Waals surface area (Å²) in [6.07, 6.45) is 0.848. The van der Waals surface area contributed by atoms with Crippen molar-refractivity contribution in [3.8, 4) is 11.5 Å². The van der Waals surface area contributed by atoms with E-state index in [9.17, 15) is 9.59 Å². The highest BCUT2D eigenvalue weighted by Gasteiger charge is 2.22. The van der Waals surface area contributed by atoms with Crippen LogP contribution in [0, 0.1) is 5.92 Å². The summed E-state index contributed by atoms with van der Waals surface area (Å²) in [6.45, 7) is 7.14. The lowest BCUT2D eigenvalue weighted by Gasteiger charge is -2.24. The first kappa shape index (κ1) is 22.7. The van der Waals surface area contributed by atoms with Crippen LogP contribution in [-0.2, 0) is 11.3 Å². The molecule has 0 aliphatic rings. The molecule has 1 heterocycles. The second-order valence-electron chi connectivity index (χ2n) is 6.82. The number of nitrogens with zero attached hydrogens (tertiary/aromatic N) is 2. The van der Waals surface area contributed by atoms with E-state index < -0.39 is 5.97 Å². The average molecular weight is 421 g/mol. The van der Waals surface area contributed by atoms with Crippen molar-refractivity contribution in [2.45, 2.75) is 33.7 Å². The Labute approximate surface area is 175 Å². The number of ether oxygens (including phenoxy) is 3. The SMILES string of the molecule is CCOC(=O)c1csc(CN(CCC(C)C)C(=O)c2ccc(OC)cc2OC)n1. The van der Waals surface area contributed by atoms with Gasteiger partial charge in [-0.25, -0.2) is 9.78 Å². The molecule has 8 heteroatoms. The third-order valence-corrected chi connectivity index (χ3v) is 5.10. The van der Waals surface area contributed by atoms with E-state index in [4.69, 9.17) is 14.2 Å². The Morgan fingerprint density at radius 2 is 1.97 bits per heavy atom. The van der Waals surface area contributed by atoms with E-state index in [0.717, 1.165) is 6.42 Å². The third kappa shape index (κ3) is 6.19. The molecule has 2 aromatic rings. The molecule has 2 rings (SSSR count). The first-order chi connectivity index (χ1) is 13.9. The van der Waals surface area contributed by atoms with Crippen molar-refractivity contribution in [1.82, 2.24) is 9.88 Å². The maximum atomic E-state index is 13.3. The van der Waals surface area contributed by atoms with Crippen LogP contribution in [0.2, 0.25) is 0 Å². The summed E-state index contributed by atoms with van der Waals surface area (Å²) in [5.41, 5.74) is 0.726.